The van der Waals surface area contributed by atoms with Crippen LogP contribution in [0.3, 0.4) is 0 Å². The van der Waals surface area contributed by atoms with Gasteiger partial charge in [0.25, 0.3) is 0 Å². The number of anilines is 1. The van der Waals surface area contributed by atoms with Crippen molar-refractivity contribution in [1.82, 2.24) is 0 Å². The molecule has 0 saturated carbocycles. The molecule has 1 rings (SSSR count). The largest absolute Gasteiger partial charge is 0.396 e. The summed E-state index contributed by atoms with van der Waals surface area (Å²) in [7, 11) is -3.75. The zero-order valence-electron chi connectivity index (χ0n) is 11.4. The highest BCUT2D eigenvalue weighted by Gasteiger charge is 2.25. The van der Waals surface area contributed by atoms with Crippen LogP contribution in [-0.2, 0) is 10.0 Å². The highest BCUT2D eigenvalue weighted by Crippen LogP contribution is 2.27. The summed E-state index contributed by atoms with van der Waals surface area (Å²) in [5.41, 5.74) is 0.232. The maximum Gasteiger partial charge on any atom is 0.240 e. The smallest absolute Gasteiger partial charge is 0.240 e. The summed E-state index contributed by atoms with van der Waals surface area (Å²) < 4.78 is 23.0. The molecule has 0 radical (unpaired) electrons. The topological polar surface area (TPSA) is 92.4 Å². The van der Waals surface area contributed by atoms with E-state index in [0.29, 0.717) is 12.2 Å². The first-order chi connectivity index (χ1) is 8.88. The SMILES string of the molecule is CCC(CC)(CO)CNc1ccccc1S(N)(=O)=O. The second-order valence-corrected chi connectivity index (χ2v) is 6.29. The third kappa shape index (κ3) is 3.92. The van der Waals surface area contributed by atoms with Crippen LogP contribution >= 0.6 is 0 Å². The lowest BCUT2D eigenvalue weighted by atomic mass is 9.83. The van der Waals surface area contributed by atoms with Crippen molar-refractivity contribution in [2.45, 2.75) is 31.6 Å². The highest BCUT2D eigenvalue weighted by atomic mass is 32.2. The van der Waals surface area contributed by atoms with Crippen LogP contribution in [0.15, 0.2) is 29.2 Å². The van der Waals surface area contributed by atoms with Crippen LogP contribution in [-0.4, -0.2) is 26.7 Å². The van der Waals surface area contributed by atoms with Crippen LogP contribution in [0.5, 0.6) is 0 Å². The number of sulfonamides is 1. The lowest BCUT2D eigenvalue weighted by Crippen LogP contribution is -2.32. The van der Waals surface area contributed by atoms with Crippen LogP contribution in [0, 0.1) is 5.41 Å². The number of rotatable bonds is 7. The van der Waals surface area contributed by atoms with Crippen molar-refractivity contribution in [3.8, 4) is 0 Å². The summed E-state index contributed by atoms with van der Waals surface area (Å²) in [6, 6.07) is 6.52. The Kier molecular flexibility index (Phi) is 5.34. The van der Waals surface area contributed by atoms with E-state index in [-0.39, 0.29) is 16.9 Å². The molecule has 0 saturated heterocycles. The molecule has 0 fully saturated rings. The maximum absolute atomic E-state index is 11.5. The third-order valence-corrected chi connectivity index (χ3v) is 4.65. The number of nitrogens with one attached hydrogen (secondary N) is 1. The van der Waals surface area contributed by atoms with E-state index < -0.39 is 10.0 Å². The number of aliphatic hydroxyl groups is 1. The quantitative estimate of drug-likeness (QED) is 0.709. The summed E-state index contributed by atoms with van der Waals surface area (Å²) in [5, 5.41) is 17.8. The minimum absolute atomic E-state index is 0.0601. The number of hydrogen-bond donors (Lipinski definition) is 3. The number of hydrogen-bond acceptors (Lipinski definition) is 4. The predicted molar refractivity (Wildman–Crippen MR) is 76.4 cm³/mol. The van der Waals surface area contributed by atoms with Gasteiger partial charge >= 0.3 is 0 Å². The van der Waals surface area contributed by atoms with Gasteiger partial charge in [-0.2, -0.15) is 0 Å². The van der Waals surface area contributed by atoms with Crippen molar-refractivity contribution in [1.29, 1.82) is 0 Å². The Hall–Kier alpha value is -1.11. The fraction of sp³-hybridized carbons (Fsp3) is 0.538. The summed E-state index contributed by atoms with van der Waals surface area (Å²) in [6.07, 6.45) is 1.62. The average Bonchev–Trinajstić information content (AvgIpc) is 2.40. The molecule has 19 heavy (non-hydrogen) atoms. The molecule has 6 heteroatoms. The van der Waals surface area contributed by atoms with Gasteiger partial charge in [-0.15, -0.1) is 0 Å². The summed E-state index contributed by atoms with van der Waals surface area (Å²) >= 11 is 0. The van der Waals surface area contributed by atoms with Crippen LogP contribution in [0.4, 0.5) is 5.69 Å². The van der Waals surface area contributed by atoms with Gasteiger partial charge in [0.1, 0.15) is 4.90 Å². The Labute approximate surface area is 114 Å². The first-order valence-electron chi connectivity index (χ1n) is 6.35. The molecule has 0 bridgehead atoms. The Morgan fingerprint density at radius 2 is 1.84 bits per heavy atom. The molecule has 0 atom stereocenters. The van der Waals surface area contributed by atoms with Crippen molar-refractivity contribution >= 4 is 15.7 Å². The molecule has 0 spiro atoms. The van der Waals surface area contributed by atoms with Crippen LogP contribution in [0.2, 0.25) is 0 Å². The van der Waals surface area contributed by atoms with E-state index >= 15 is 0 Å². The van der Waals surface area contributed by atoms with Gasteiger partial charge in [0, 0.05) is 12.0 Å². The van der Waals surface area contributed by atoms with Gasteiger partial charge < -0.3 is 10.4 Å². The fourth-order valence-electron chi connectivity index (χ4n) is 1.92. The minimum Gasteiger partial charge on any atom is -0.396 e. The van der Waals surface area contributed by atoms with Gasteiger partial charge in [0.15, 0.2) is 0 Å². The van der Waals surface area contributed by atoms with E-state index in [0.717, 1.165) is 12.8 Å². The van der Waals surface area contributed by atoms with Gasteiger partial charge in [-0.25, -0.2) is 13.6 Å². The molecule has 1 aromatic rings. The Balaban J connectivity index is 2.96. The van der Waals surface area contributed by atoms with Crippen molar-refractivity contribution in [2.24, 2.45) is 10.6 Å². The highest BCUT2D eigenvalue weighted by molar-refractivity contribution is 7.89. The third-order valence-electron chi connectivity index (χ3n) is 3.68. The number of aliphatic hydroxyl groups excluding tert-OH is 1. The van der Waals surface area contributed by atoms with Crippen LogP contribution < -0.4 is 10.5 Å². The van der Waals surface area contributed by atoms with E-state index in [1.165, 1.54) is 6.07 Å². The van der Waals surface area contributed by atoms with E-state index in [9.17, 15) is 13.5 Å². The first-order valence-corrected chi connectivity index (χ1v) is 7.90. The zero-order chi connectivity index (χ0) is 14.5. The number of primary sulfonamides is 1. The average molecular weight is 286 g/mol. The predicted octanol–water partition coefficient (Wildman–Crippen LogP) is 1.54. The van der Waals surface area contributed by atoms with Crippen molar-refractivity contribution in [3.63, 3.8) is 0 Å². The van der Waals surface area contributed by atoms with Crippen LogP contribution in [0.1, 0.15) is 26.7 Å². The maximum atomic E-state index is 11.5. The molecular formula is C13H22N2O3S. The van der Waals surface area contributed by atoms with Gasteiger partial charge in [0.2, 0.25) is 10.0 Å². The first kappa shape index (κ1) is 15.9. The van der Waals surface area contributed by atoms with Crippen molar-refractivity contribution in [2.75, 3.05) is 18.5 Å². The molecule has 0 aliphatic carbocycles. The van der Waals surface area contributed by atoms with E-state index in [2.05, 4.69) is 5.32 Å². The molecule has 5 nitrogen and oxygen atoms in total. The molecule has 108 valence electrons. The molecule has 0 aliphatic rings. The zero-order valence-corrected chi connectivity index (χ0v) is 12.2. The molecule has 1 aromatic carbocycles. The molecule has 4 N–H and O–H groups in total. The summed E-state index contributed by atoms with van der Waals surface area (Å²) in [4.78, 5) is 0.0778. The molecule has 0 heterocycles. The monoisotopic (exact) mass is 286 g/mol. The summed E-state index contributed by atoms with van der Waals surface area (Å²) in [5.74, 6) is 0. The normalized spacial score (nSPS) is 12.4. The van der Waals surface area contributed by atoms with E-state index in [1.54, 1.807) is 18.2 Å². The number of para-hydroxylation sites is 1. The van der Waals surface area contributed by atoms with Gasteiger partial charge in [-0.1, -0.05) is 26.0 Å². The van der Waals surface area contributed by atoms with Gasteiger partial charge in [-0.3, -0.25) is 0 Å². The van der Waals surface area contributed by atoms with E-state index in [4.69, 9.17) is 5.14 Å². The second-order valence-electron chi connectivity index (χ2n) is 4.76. The molecule has 0 aromatic heterocycles. The van der Waals surface area contributed by atoms with E-state index in [1.807, 2.05) is 13.8 Å². The fourth-order valence-corrected chi connectivity index (χ4v) is 2.64. The van der Waals surface area contributed by atoms with Gasteiger partial charge in [0.05, 0.1) is 12.3 Å². The van der Waals surface area contributed by atoms with Crippen LogP contribution in [0.25, 0.3) is 0 Å². The Morgan fingerprint density at radius 3 is 2.32 bits per heavy atom. The summed E-state index contributed by atoms with van der Waals surface area (Å²) in [6.45, 7) is 4.58. The lowest BCUT2D eigenvalue weighted by molar-refractivity contribution is 0.127. The number of nitrogens with two attached hydrogens (primary N) is 1. The van der Waals surface area contributed by atoms with Crippen molar-refractivity contribution < 1.29 is 13.5 Å². The second kappa shape index (κ2) is 6.36. The minimum atomic E-state index is -3.75. The number of benzene rings is 1. The lowest BCUT2D eigenvalue weighted by Gasteiger charge is -2.30. The van der Waals surface area contributed by atoms with Crippen molar-refractivity contribution in [3.05, 3.63) is 24.3 Å². The molecule has 0 unspecified atom stereocenters. The molecule has 0 aliphatic heterocycles. The Bertz CT molecular complexity index is 502. The molecule has 0 amide bonds. The van der Waals surface area contributed by atoms with Gasteiger partial charge in [-0.05, 0) is 25.0 Å². The standard InChI is InChI=1S/C13H22N2O3S/c1-3-13(4-2,10-16)9-15-11-7-5-6-8-12(11)19(14,17)18/h5-8,15-16H,3-4,9-10H2,1-2H3,(H2,14,17,18). The Morgan fingerprint density at radius 1 is 1.26 bits per heavy atom. The molecular weight excluding hydrogens is 264 g/mol.